The number of carbonyl (C=O) groups excluding carboxylic acids is 1. The molecule has 1 unspecified atom stereocenters. The minimum atomic E-state index is 0.249. The van der Waals surface area contributed by atoms with Gasteiger partial charge >= 0.3 is 0 Å². The number of carbonyl (C=O) groups is 1. The van der Waals surface area contributed by atoms with Gasteiger partial charge < -0.3 is 14.8 Å². The van der Waals surface area contributed by atoms with Crippen LogP contribution in [-0.4, -0.2) is 35.5 Å². The van der Waals surface area contributed by atoms with Crippen molar-refractivity contribution in [3.63, 3.8) is 0 Å². The van der Waals surface area contributed by atoms with Crippen LogP contribution in [0.2, 0.25) is 0 Å². The molecular weight excluding hydrogens is 238 g/mol. The smallest absolute Gasteiger partial charge is 0.242 e. The summed E-state index contributed by atoms with van der Waals surface area (Å²) in [5.41, 5.74) is 1.26. The van der Waals surface area contributed by atoms with Gasteiger partial charge in [0, 0.05) is 31.5 Å². The second-order valence-electron chi connectivity index (χ2n) is 5.31. The zero-order chi connectivity index (χ0) is 13.7. The second kappa shape index (κ2) is 6.75. The topological polar surface area (TPSA) is 37.3 Å². The normalized spacial score (nSPS) is 17.5. The molecule has 0 aliphatic carbocycles. The fraction of sp³-hybridized carbons (Fsp3) is 0.667. The van der Waals surface area contributed by atoms with Crippen LogP contribution in [-0.2, 0) is 11.3 Å². The summed E-state index contributed by atoms with van der Waals surface area (Å²) in [6.07, 6.45) is 8.72. The number of hydrogen-bond donors (Lipinski definition) is 1. The van der Waals surface area contributed by atoms with E-state index in [0.29, 0.717) is 12.6 Å². The molecular formula is C15H25N3O. The van der Waals surface area contributed by atoms with Gasteiger partial charge in [0.25, 0.3) is 0 Å². The first kappa shape index (κ1) is 14.1. The Bertz CT molecular complexity index is 403. The first-order chi connectivity index (χ1) is 9.24. The molecule has 1 atom stereocenters. The number of aromatic nitrogens is 1. The summed E-state index contributed by atoms with van der Waals surface area (Å²) in [5.74, 6) is 0.249. The molecule has 1 aliphatic rings. The molecule has 0 spiro atoms. The molecule has 1 saturated heterocycles. The Hall–Kier alpha value is -1.29. The first-order valence-corrected chi connectivity index (χ1v) is 7.35. The molecule has 0 radical (unpaired) electrons. The minimum absolute atomic E-state index is 0.249. The van der Waals surface area contributed by atoms with Crippen LogP contribution in [0, 0.1) is 0 Å². The van der Waals surface area contributed by atoms with Gasteiger partial charge in [-0.25, -0.2) is 0 Å². The van der Waals surface area contributed by atoms with E-state index in [4.69, 9.17) is 0 Å². The van der Waals surface area contributed by atoms with Gasteiger partial charge in [-0.2, -0.15) is 0 Å². The molecule has 1 aliphatic heterocycles. The molecule has 0 bridgehead atoms. The molecule has 0 saturated carbocycles. The van der Waals surface area contributed by atoms with Gasteiger partial charge in [-0.1, -0.05) is 6.92 Å². The highest BCUT2D eigenvalue weighted by Crippen LogP contribution is 2.16. The molecule has 19 heavy (non-hydrogen) atoms. The quantitative estimate of drug-likeness (QED) is 0.884. The Morgan fingerprint density at radius 3 is 2.74 bits per heavy atom. The third-order valence-corrected chi connectivity index (χ3v) is 3.96. The van der Waals surface area contributed by atoms with Crippen LogP contribution in [0.1, 0.15) is 44.2 Å². The Kier molecular flexibility index (Phi) is 5.02. The molecule has 1 aromatic rings. The summed E-state index contributed by atoms with van der Waals surface area (Å²) in [6, 6.07) is 2.49. The number of likely N-dealkylation sites (tertiary alicyclic amines) is 1. The average Bonchev–Trinajstić information content (AvgIpc) is 2.89. The summed E-state index contributed by atoms with van der Waals surface area (Å²) < 4.78 is 2.01. The minimum Gasteiger partial charge on any atom is -0.345 e. The summed E-state index contributed by atoms with van der Waals surface area (Å²) in [6.45, 7) is 4.50. The van der Waals surface area contributed by atoms with Gasteiger partial charge in [-0.05, 0) is 44.4 Å². The van der Waals surface area contributed by atoms with Crippen LogP contribution in [0.15, 0.2) is 18.5 Å². The van der Waals surface area contributed by atoms with Crippen molar-refractivity contribution in [2.75, 3.05) is 20.1 Å². The van der Waals surface area contributed by atoms with Crippen molar-refractivity contribution in [3.8, 4) is 0 Å². The molecule has 1 N–H and O–H groups in total. The van der Waals surface area contributed by atoms with Crippen molar-refractivity contribution in [2.45, 2.75) is 45.2 Å². The fourth-order valence-corrected chi connectivity index (χ4v) is 2.77. The Balaban J connectivity index is 1.93. The number of amides is 1. The van der Waals surface area contributed by atoms with E-state index >= 15 is 0 Å². The van der Waals surface area contributed by atoms with Crippen LogP contribution in [0.25, 0.3) is 0 Å². The van der Waals surface area contributed by atoms with Crippen LogP contribution < -0.4 is 5.32 Å². The maximum absolute atomic E-state index is 12.2. The molecule has 1 amide bonds. The largest absolute Gasteiger partial charge is 0.345 e. The lowest BCUT2D eigenvalue weighted by Gasteiger charge is -2.26. The van der Waals surface area contributed by atoms with Crippen molar-refractivity contribution in [2.24, 2.45) is 0 Å². The van der Waals surface area contributed by atoms with Gasteiger partial charge in [-0.3, -0.25) is 4.79 Å². The lowest BCUT2D eigenvalue weighted by atomic mass is 10.1. The van der Waals surface area contributed by atoms with Crippen LogP contribution in [0.4, 0.5) is 0 Å². The predicted octanol–water partition coefficient (Wildman–Crippen LogP) is 2.17. The van der Waals surface area contributed by atoms with E-state index in [-0.39, 0.29) is 5.91 Å². The number of nitrogens with one attached hydrogen (secondary N) is 1. The molecule has 0 aromatic carbocycles. The number of hydrogen-bond acceptors (Lipinski definition) is 2. The Morgan fingerprint density at radius 2 is 2.11 bits per heavy atom. The maximum atomic E-state index is 12.2. The van der Waals surface area contributed by atoms with Crippen LogP contribution >= 0.6 is 0 Å². The second-order valence-corrected chi connectivity index (χ2v) is 5.31. The van der Waals surface area contributed by atoms with Gasteiger partial charge in [0.15, 0.2) is 0 Å². The highest BCUT2D eigenvalue weighted by Gasteiger charge is 2.17. The third kappa shape index (κ3) is 3.60. The van der Waals surface area contributed by atoms with Gasteiger partial charge in [0.2, 0.25) is 5.91 Å². The van der Waals surface area contributed by atoms with Gasteiger partial charge in [0.1, 0.15) is 6.54 Å². The number of piperidine rings is 1. The van der Waals surface area contributed by atoms with E-state index in [1.54, 1.807) is 0 Å². The molecule has 2 rings (SSSR count). The third-order valence-electron chi connectivity index (χ3n) is 3.96. The lowest BCUT2D eigenvalue weighted by Crippen LogP contribution is -2.37. The van der Waals surface area contributed by atoms with E-state index in [9.17, 15) is 4.79 Å². The van der Waals surface area contributed by atoms with Crippen molar-refractivity contribution in [1.82, 2.24) is 14.8 Å². The molecule has 1 fully saturated rings. The van der Waals surface area contributed by atoms with E-state index in [1.807, 2.05) is 22.7 Å². The summed E-state index contributed by atoms with van der Waals surface area (Å²) in [4.78, 5) is 14.2. The zero-order valence-electron chi connectivity index (χ0n) is 12.1. The van der Waals surface area contributed by atoms with Crippen molar-refractivity contribution < 1.29 is 4.79 Å². The lowest BCUT2D eigenvalue weighted by molar-refractivity contribution is -0.132. The maximum Gasteiger partial charge on any atom is 0.242 e. The molecule has 1 aromatic heterocycles. The molecule has 4 nitrogen and oxygen atoms in total. The monoisotopic (exact) mass is 263 g/mol. The van der Waals surface area contributed by atoms with Crippen molar-refractivity contribution in [3.05, 3.63) is 24.0 Å². The number of nitrogens with zero attached hydrogens (tertiary/aromatic N) is 2. The van der Waals surface area contributed by atoms with E-state index < -0.39 is 0 Å². The van der Waals surface area contributed by atoms with E-state index in [2.05, 4.69) is 24.5 Å². The summed E-state index contributed by atoms with van der Waals surface area (Å²) in [7, 11) is 1.98. The molecule has 106 valence electrons. The summed E-state index contributed by atoms with van der Waals surface area (Å²) in [5, 5.41) is 3.29. The first-order valence-electron chi connectivity index (χ1n) is 7.35. The standard InChI is InChI=1S/C15H25N3O/c1-3-14(16-2)13-7-10-17(11-13)12-15(19)18-8-5-4-6-9-18/h7,10-11,14,16H,3-6,8-9,12H2,1-2H3. The van der Waals surface area contributed by atoms with Gasteiger partial charge in [0.05, 0.1) is 0 Å². The Morgan fingerprint density at radius 1 is 1.37 bits per heavy atom. The van der Waals surface area contributed by atoms with Gasteiger partial charge in [-0.15, -0.1) is 0 Å². The fourth-order valence-electron chi connectivity index (χ4n) is 2.77. The predicted molar refractivity (Wildman–Crippen MR) is 77.0 cm³/mol. The van der Waals surface area contributed by atoms with Crippen molar-refractivity contribution >= 4 is 5.91 Å². The summed E-state index contributed by atoms with van der Waals surface area (Å²) >= 11 is 0. The molecule has 2 heterocycles. The highest BCUT2D eigenvalue weighted by molar-refractivity contribution is 5.76. The zero-order valence-corrected chi connectivity index (χ0v) is 12.1. The van der Waals surface area contributed by atoms with Crippen LogP contribution in [0.3, 0.4) is 0 Å². The molecule has 4 heteroatoms. The average molecular weight is 263 g/mol. The van der Waals surface area contributed by atoms with E-state index in [0.717, 1.165) is 32.4 Å². The van der Waals surface area contributed by atoms with Crippen LogP contribution in [0.5, 0.6) is 0 Å². The van der Waals surface area contributed by atoms with Crippen molar-refractivity contribution in [1.29, 1.82) is 0 Å². The SMILES string of the molecule is CCC(NC)c1ccn(CC(=O)N2CCCCC2)c1. The Labute approximate surface area is 115 Å². The number of rotatable bonds is 5. The highest BCUT2D eigenvalue weighted by atomic mass is 16.2. The van der Waals surface area contributed by atoms with E-state index in [1.165, 1.54) is 12.0 Å².